The van der Waals surface area contributed by atoms with Crippen LogP contribution in [0.1, 0.15) is 44.2 Å². The molecular formula is C18H26N2O. The zero-order chi connectivity index (χ0) is 14.8. The number of nitrogens with zero attached hydrogens (tertiary/aromatic N) is 1. The molecular weight excluding hydrogens is 260 g/mol. The Morgan fingerprint density at radius 3 is 2.71 bits per heavy atom. The van der Waals surface area contributed by atoms with E-state index in [1.165, 1.54) is 36.8 Å². The van der Waals surface area contributed by atoms with Crippen molar-refractivity contribution in [2.45, 2.75) is 52.0 Å². The van der Waals surface area contributed by atoms with E-state index < -0.39 is 0 Å². The lowest BCUT2D eigenvalue weighted by Crippen LogP contribution is -2.45. The van der Waals surface area contributed by atoms with Crippen LogP contribution in [0.15, 0.2) is 18.2 Å². The van der Waals surface area contributed by atoms with Gasteiger partial charge in [0.1, 0.15) is 0 Å². The molecule has 0 unspecified atom stereocenters. The summed E-state index contributed by atoms with van der Waals surface area (Å²) in [4.78, 5) is 14.7. The van der Waals surface area contributed by atoms with Crippen molar-refractivity contribution in [3.63, 3.8) is 0 Å². The van der Waals surface area contributed by atoms with Crippen molar-refractivity contribution in [2.24, 2.45) is 5.92 Å². The van der Waals surface area contributed by atoms with Crippen LogP contribution in [0, 0.1) is 5.92 Å². The molecule has 0 bridgehead atoms. The maximum Gasteiger partial charge on any atom is 0.241 e. The number of carbonyl (C=O) groups excluding carboxylic acids is 1. The van der Waals surface area contributed by atoms with E-state index in [0.717, 1.165) is 31.1 Å². The van der Waals surface area contributed by atoms with Crippen LogP contribution in [-0.2, 0) is 17.6 Å². The second-order valence-corrected chi connectivity index (χ2v) is 6.72. The maximum atomic E-state index is 12.4. The Kier molecular flexibility index (Phi) is 4.29. The van der Waals surface area contributed by atoms with Crippen molar-refractivity contribution in [3.8, 4) is 0 Å². The van der Waals surface area contributed by atoms with E-state index in [1.807, 2.05) is 13.0 Å². The van der Waals surface area contributed by atoms with Gasteiger partial charge in [-0.2, -0.15) is 0 Å². The molecule has 1 aromatic rings. The smallest absolute Gasteiger partial charge is 0.241 e. The second kappa shape index (κ2) is 6.18. The zero-order valence-electron chi connectivity index (χ0n) is 13.2. The summed E-state index contributed by atoms with van der Waals surface area (Å²) in [5.74, 6) is 0.927. The van der Waals surface area contributed by atoms with Crippen molar-refractivity contribution in [3.05, 3.63) is 29.3 Å². The SMILES string of the molecule is CC1CCN([C@H](C)C(=O)Nc2ccc3c(c2)CCC3)CC1. The molecule has 0 aromatic heterocycles. The van der Waals surface area contributed by atoms with E-state index in [0.29, 0.717) is 0 Å². The quantitative estimate of drug-likeness (QED) is 0.925. The molecule has 1 fully saturated rings. The maximum absolute atomic E-state index is 12.4. The fourth-order valence-corrected chi connectivity index (χ4v) is 3.48. The molecule has 3 rings (SSSR count). The van der Waals surface area contributed by atoms with Gasteiger partial charge in [0.05, 0.1) is 6.04 Å². The average molecular weight is 286 g/mol. The van der Waals surface area contributed by atoms with Gasteiger partial charge in [-0.15, -0.1) is 0 Å². The molecule has 1 atom stereocenters. The Balaban J connectivity index is 1.60. The van der Waals surface area contributed by atoms with E-state index >= 15 is 0 Å². The number of fused-ring (bicyclic) bond motifs is 1. The van der Waals surface area contributed by atoms with Crippen molar-refractivity contribution in [1.82, 2.24) is 4.90 Å². The molecule has 1 aliphatic heterocycles. The minimum atomic E-state index is -0.0363. The molecule has 1 N–H and O–H groups in total. The van der Waals surface area contributed by atoms with Crippen LogP contribution in [0.5, 0.6) is 0 Å². The highest BCUT2D eigenvalue weighted by Crippen LogP contribution is 2.25. The number of carbonyl (C=O) groups is 1. The van der Waals surface area contributed by atoms with E-state index in [-0.39, 0.29) is 11.9 Å². The molecule has 3 heteroatoms. The van der Waals surface area contributed by atoms with E-state index in [9.17, 15) is 4.79 Å². The standard InChI is InChI=1S/C18H26N2O/c1-13-8-10-20(11-9-13)14(2)18(21)19-17-7-6-15-4-3-5-16(15)12-17/h6-7,12-14H,3-5,8-11H2,1-2H3,(H,19,21)/t14-/m1/s1. The van der Waals surface area contributed by atoms with Gasteiger partial charge in [-0.25, -0.2) is 0 Å². The van der Waals surface area contributed by atoms with Crippen LogP contribution in [0.3, 0.4) is 0 Å². The largest absolute Gasteiger partial charge is 0.325 e. The third-order valence-corrected chi connectivity index (χ3v) is 5.11. The molecule has 3 nitrogen and oxygen atoms in total. The summed E-state index contributed by atoms with van der Waals surface area (Å²) < 4.78 is 0. The Labute approximate surface area is 127 Å². The van der Waals surface area contributed by atoms with Crippen molar-refractivity contribution < 1.29 is 4.79 Å². The molecule has 1 saturated heterocycles. The molecule has 1 amide bonds. The van der Waals surface area contributed by atoms with Crippen LogP contribution in [-0.4, -0.2) is 29.9 Å². The first kappa shape index (κ1) is 14.6. The summed E-state index contributed by atoms with van der Waals surface area (Å²) in [6.07, 6.45) is 5.99. The number of nitrogens with one attached hydrogen (secondary N) is 1. The summed E-state index contributed by atoms with van der Waals surface area (Å²) in [5.41, 5.74) is 3.82. The number of likely N-dealkylation sites (tertiary alicyclic amines) is 1. The molecule has 1 heterocycles. The first-order valence-electron chi connectivity index (χ1n) is 8.30. The third-order valence-electron chi connectivity index (χ3n) is 5.11. The summed E-state index contributed by atoms with van der Waals surface area (Å²) in [6, 6.07) is 6.34. The summed E-state index contributed by atoms with van der Waals surface area (Å²) in [7, 11) is 0. The molecule has 0 spiro atoms. The first-order valence-corrected chi connectivity index (χ1v) is 8.30. The Bertz CT molecular complexity index is 518. The van der Waals surface area contributed by atoms with Gasteiger partial charge in [-0.05, 0) is 81.3 Å². The van der Waals surface area contributed by atoms with Crippen LogP contribution in [0.25, 0.3) is 0 Å². The number of piperidine rings is 1. The third kappa shape index (κ3) is 3.29. The van der Waals surface area contributed by atoms with Crippen LogP contribution in [0.4, 0.5) is 5.69 Å². The first-order chi connectivity index (χ1) is 10.1. The van der Waals surface area contributed by atoms with Gasteiger partial charge < -0.3 is 5.32 Å². The zero-order valence-corrected chi connectivity index (χ0v) is 13.2. The molecule has 0 saturated carbocycles. The normalized spacial score (nSPS) is 21.0. The Morgan fingerprint density at radius 1 is 1.24 bits per heavy atom. The number of hydrogen-bond acceptors (Lipinski definition) is 2. The van der Waals surface area contributed by atoms with Crippen LogP contribution in [0.2, 0.25) is 0 Å². The lowest BCUT2D eigenvalue weighted by molar-refractivity contribution is -0.121. The molecule has 1 aliphatic carbocycles. The summed E-state index contributed by atoms with van der Waals surface area (Å²) in [6.45, 7) is 6.41. The van der Waals surface area contributed by atoms with Crippen molar-refractivity contribution in [1.29, 1.82) is 0 Å². The highest BCUT2D eigenvalue weighted by Gasteiger charge is 2.25. The number of anilines is 1. The molecule has 2 aliphatic rings. The molecule has 21 heavy (non-hydrogen) atoms. The van der Waals surface area contributed by atoms with E-state index in [1.54, 1.807) is 0 Å². The molecule has 114 valence electrons. The lowest BCUT2D eigenvalue weighted by Gasteiger charge is -2.34. The number of benzene rings is 1. The van der Waals surface area contributed by atoms with Crippen molar-refractivity contribution >= 4 is 11.6 Å². The predicted molar refractivity (Wildman–Crippen MR) is 86.5 cm³/mol. The van der Waals surface area contributed by atoms with Crippen LogP contribution < -0.4 is 5.32 Å². The Hall–Kier alpha value is -1.35. The van der Waals surface area contributed by atoms with Gasteiger partial charge in [-0.1, -0.05) is 13.0 Å². The Morgan fingerprint density at radius 2 is 1.95 bits per heavy atom. The number of rotatable bonds is 3. The summed E-state index contributed by atoms with van der Waals surface area (Å²) in [5, 5.41) is 3.10. The van der Waals surface area contributed by atoms with Crippen molar-refractivity contribution in [2.75, 3.05) is 18.4 Å². The van der Waals surface area contributed by atoms with Gasteiger partial charge in [-0.3, -0.25) is 9.69 Å². The number of aryl methyl sites for hydroxylation is 2. The number of hydrogen-bond donors (Lipinski definition) is 1. The predicted octanol–water partition coefficient (Wildman–Crippen LogP) is 3.23. The van der Waals surface area contributed by atoms with E-state index in [2.05, 4.69) is 29.3 Å². The van der Waals surface area contributed by atoms with Gasteiger partial charge >= 0.3 is 0 Å². The monoisotopic (exact) mass is 286 g/mol. The minimum absolute atomic E-state index is 0.0363. The van der Waals surface area contributed by atoms with Gasteiger partial charge in [0, 0.05) is 5.69 Å². The van der Waals surface area contributed by atoms with Gasteiger partial charge in [0.25, 0.3) is 0 Å². The van der Waals surface area contributed by atoms with Gasteiger partial charge in [0.2, 0.25) is 5.91 Å². The average Bonchev–Trinajstić information content (AvgIpc) is 2.95. The van der Waals surface area contributed by atoms with Crippen LogP contribution >= 0.6 is 0 Å². The molecule has 0 radical (unpaired) electrons. The fraction of sp³-hybridized carbons (Fsp3) is 0.611. The minimum Gasteiger partial charge on any atom is -0.325 e. The van der Waals surface area contributed by atoms with Gasteiger partial charge in [0.15, 0.2) is 0 Å². The summed E-state index contributed by atoms with van der Waals surface area (Å²) >= 11 is 0. The highest BCUT2D eigenvalue weighted by molar-refractivity contribution is 5.94. The fourth-order valence-electron chi connectivity index (χ4n) is 3.48. The van der Waals surface area contributed by atoms with E-state index in [4.69, 9.17) is 0 Å². The highest BCUT2D eigenvalue weighted by atomic mass is 16.2. The second-order valence-electron chi connectivity index (χ2n) is 6.72. The number of amides is 1. The molecule has 1 aromatic carbocycles. The lowest BCUT2D eigenvalue weighted by atomic mass is 9.98. The topological polar surface area (TPSA) is 32.3 Å².